The zero-order valence-corrected chi connectivity index (χ0v) is 16.1. The Morgan fingerprint density at radius 3 is 2.70 bits per heavy atom. The molecule has 3 aromatic rings. The molecule has 0 radical (unpaired) electrons. The Bertz CT molecular complexity index is 987. The largest absolute Gasteiger partial charge is 0.444 e. The number of furan rings is 1. The van der Waals surface area contributed by atoms with Crippen LogP contribution in [0.5, 0.6) is 0 Å². The van der Waals surface area contributed by atoms with E-state index in [0.717, 1.165) is 12.8 Å². The molecule has 0 atom stereocenters. The van der Waals surface area contributed by atoms with Crippen molar-refractivity contribution in [2.24, 2.45) is 5.92 Å². The average molecular weight is 432 g/mol. The third-order valence-electron chi connectivity index (χ3n) is 4.71. The lowest BCUT2D eigenvalue weighted by atomic mass is 9.96. The maximum Gasteiger partial charge on any atom is 0.289 e. The van der Waals surface area contributed by atoms with Gasteiger partial charge in [-0.15, -0.1) is 5.10 Å². The predicted molar refractivity (Wildman–Crippen MR) is 101 cm³/mol. The van der Waals surface area contributed by atoms with E-state index in [0.29, 0.717) is 35.9 Å². The van der Waals surface area contributed by atoms with E-state index in [1.54, 1.807) is 46.2 Å². The summed E-state index contributed by atoms with van der Waals surface area (Å²) in [6, 6.07) is 8.36. The summed E-state index contributed by atoms with van der Waals surface area (Å²) in [5, 5.41) is 8.56. The highest BCUT2D eigenvalue weighted by Crippen LogP contribution is 2.22. The van der Waals surface area contributed by atoms with E-state index in [-0.39, 0.29) is 17.4 Å². The van der Waals surface area contributed by atoms with Crippen molar-refractivity contribution in [1.82, 2.24) is 24.5 Å². The molecular weight excluding hydrogens is 414 g/mol. The molecule has 0 saturated carbocycles. The SMILES string of the molecule is O=C(c1ccc(Br)o1)N1CCC(Cn2nc(-n3cccn3)ccc2=O)CC1. The molecule has 8 nitrogen and oxygen atoms in total. The van der Waals surface area contributed by atoms with Gasteiger partial charge in [0.25, 0.3) is 11.5 Å². The quantitative estimate of drug-likeness (QED) is 0.632. The van der Waals surface area contributed by atoms with Crippen molar-refractivity contribution in [3.8, 4) is 5.82 Å². The molecule has 9 heteroatoms. The van der Waals surface area contributed by atoms with Crippen molar-refractivity contribution in [2.75, 3.05) is 13.1 Å². The summed E-state index contributed by atoms with van der Waals surface area (Å²) in [5.41, 5.74) is -0.134. The van der Waals surface area contributed by atoms with Gasteiger partial charge in [-0.25, -0.2) is 9.36 Å². The molecule has 1 aliphatic heterocycles. The highest BCUT2D eigenvalue weighted by atomic mass is 79.9. The van der Waals surface area contributed by atoms with Gasteiger partial charge in [-0.3, -0.25) is 9.59 Å². The molecule has 0 N–H and O–H groups in total. The number of hydrogen-bond acceptors (Lipinski definition) is 5. The van der Waals surface area contributed by atoms with Crippen LogP contribution in [-0.4, -0.2) is 43.5 Å². The van der Waals surface area contributed by atoms with Gasteiger partial charge in [-0.2, -0.15) is 5.10 Å². The molecule has 0 aromatic carbocycles. The maximum atomic E-state index is 12.4. The van der Waals surface area contributed by atoms with Crippen LogP contribution in [0.4, 0.5) is 0 Å². The normalized spacial score (nSPS) is 15.2. The molecule has 4 heterocycles. The van der Waals surface area contributed by atoms with Gasteiger partial charge in [0.15, 0.2) is 16.2 Å². The molecule has 0 aliphatic carbocycles. The van der Waals surface area contributed by atoms with Crippen LogP contribution in [0.2, 0.25) is 0 Å². The van der Waals surface area contributed by atoms with Crippen LogP contribution in [0.25, 0.3) is 5.82 Å². The van der Waals surface area contributed by atoms with Crippen LogP contribution < -0.4 is 5.56 Å². The Kier molecular flexibility index (Phi) is 4.93. The standard InChI is InChI=1S/C18H18BrN5O3/c19-15-3-2-14(27-15)18(26)22-10-6-13(7-11-22)12-24-17(25)5-4-16(21-24)23-9-1-8-20-23/h1-5,8-9,13H,6-7,10-12H2. The summed E-state index contributed by atoms with van der Waals surface area (Å²) in [6.45, 7) is 1.80. The molecule has 140 valence electrons. The Hall–Kier alpha value is -2.68. The van der Waals surface area contributed by atoms with Crippen molar-refractivity contribution in [2.45, 2.75) is 19.4 Å². The van der Waals surface area contributed by atoms with Gasteiger partial charge in [-0.05, 0) is 59.0 Å². The van der Waals surface area contributed by atoms with Gasteiger partial charge in [-0.1, -0.05) is 0 Å². The molecule has 27 heavy (non-hydrogen) atoms. The minimum absolute atomic E-state index is 0.102. The Balaban J connectivity index is 1.40. The minimum atomic E-state index is -0.134. The number of aromatic nitrogens is 4. The van der Waals surface area contributed by atoms with Crippen molar-refractivity contribution >= 4 is 21.8 Å². The van der Waals surface area contributed by atoms with Crippen molar-refractivity contribution < 1.29 is 9.21 Å². The fraction of sp³-hybridized carbons (Fsp3) is 0.333. The molecule has 1 aliphatic rings. The van der Waals surface area contributed by atoms with E-state index in [4.69, 9.17) is 4.42 Å². The highest BCUT2D eigenvalue weighted by Gasteiger charge is 2.26. The summed E-state index contributed by atoms with van der Waals surface area (Å²) in [6.07, 6.45) is 5.08. The van der Waals surface area contributed by atoms with Crippen LogP contribution in [0, 0.1) is 5.92 Å². The summed E-state index contributed by atoms with van der Waals surface area (Å²) >= 11 is 3.22. The number of carbonyl (C=O) groups is 1. The average Bonchev–Trinajstić information content (AvgIpc) is 3.35. The highest BCUT2D eigenvalue weighted by molar-refractivity contribution is 9.10. The van der Waals surface area contributed by atoms with Gasteiger partial charge in [0.1, 0.15) is 0 Å². The lowest BCUT2D eigenvalue weighted by Gasteiger charge is -2.31. The fourth-order valence-electron chi connectivity index (χ4n) is 3.24. The number of amides is 1. The van der Waals surface area contributed by atoms with Gasteiger partial charge in [0.05, 0.1) is 0 Å². The molecule has 1 saturated heterocycles. The Morgan fingerprint density at radius 1 is 1.22 bits per heavy atom. The van der Waals surface area contributed by atoms with E-state index >= 15 is 0 Å². The molecule has 4 rings (SSSR count). The van der Waals surface area contributed by atoms with E-state index in [1.807, 2.05) is 0 Å². The molecule has 0 spiro atoms. The second-order valence-electron chi connectivity index (χ2n) is 6.50. The van der Waals surface area contributed by atoms with E-state index < -0.39 is 0 Å². The number of carbonyl (C=O) groups excluding carboxylic acids is 1. The fourth-order valence-corrected chi connectivity index (χ4v) is 3.55. The number of rotatable bonds is 4. The molecule has 1 fully saturated rings. The molecule has 1 amide bonds. The first-order chi connectivity index (χ1) is 13.1. The van der Waals surface area contributed by atoms with Gasteiger partial charge in [0, 0.05) is 38.1 Å². The maximum absolute atomic E-state index is 12.4. The smallest absolute Gasteiger partial charge is 0.289 e. The Labute approximate surface area is 163 Å². The van der Waals surface area contributed by atoms with Crippen LogP contribution in [-0.2, 0) is 6.54 Å². The predicted octanol–water partition coefficient (Wildman–Crippen LogP) is 2.34. The number of likely N-dealkylation sites (tertiary alicyclic amines) is 1. The molecule has 0 unspecified atom stereocenters. The Morgan fingerprint density at radius 2 is 2.04 bits per heavy atom. The van der Waals surface area contributed by atoms with Gasteiger partial charge < -0.3 is 9.32 Å². The topological polar surface area (TPSA) is 86.2 Å². The van der Waals surface area contributed by atoms with Gasteiger partial charge >= 0.3 is 0 Å². The second-order valence-corrected chi connectivity index (χ2v) is 7.28. The first kappa shape index (κ1) is 17.7. The molecular formula is C18H18BrN5O3. The van der Waals surface area contributed by atoms with Crippen molar-refractivity contribution in [3.63, 3.8) is 0 Å². The summed E-state index contributed by atoms with van der Waals surface area (Å²) in [4.78, 5) is 26.4. The van der Waals surface area contributed by atoms with E-state index in [1.165, 1.54) is 10.7 Å². The van der Waals surface area contributed by atoms with Crippen LogP contribution >= 0.6 is 15.9 Å². The minimum Gasteiger partial charge on any atom is -0.444 e. The summed E-state index contributed by atoms with van der Waals surface area (Å²) < 4.78 is 9.00. The number of nitrogens with zero attached hydrogens (tertiary/aromatic N) is 5. The number of piperidine rings is 1. The van der Waals surface area contributed by atoms with Crippen LogP contribution in [0.1, 0.15) is 23.4 Å². The molecule has 3 aromatic heterocycles. The zero-order valence-electron chi connectivity index (χ0n) is 14.5. The lowest BCUT2D eigenvalue weighted by molar-refractivity contribution is 0.0647. The van der Waals surface area contributed by atoms with Crippen LogP contribution in [0.3, 0.4) is 0 Å². The lowest BCUT2D eigenvalue weighted by Crippen LogP contribution is -2.40. The van der Waals surface area contributed by atoms with E-state index in [2.05, 4.69) is 26.1 Å². The third kappa shape index (κ3) is 3.87. The first-order valence-electron chi connectivity index (χ1n) is 8.73. The third-order valence-corrected chi connectivity index (χ3v) is 5.13. The first-order valence-corrected chi connectivity index (χ1v) is 9.52. The number of hydrogen-bond donors (Lipinski definition) is 0. The molecule has 0 bridgehead atoms. The summed E-state index contributed by atoms with van der Waals surface area (Å²) in [7, 11) is 0. The van der Waals surface area contributed by atoms with E-state index in [9.17, 15) is 9.59 Å². The van der Waals surface area contributed by atoms with Crippen molar-refractivity contribution in [3.05, 3.63) is 63.5 Å². The summed E-state index contributed by atoms with van der Waals surface area (Å²) in [5.74, 6) is 1.13. The second kappa shape index (κ2) is 7.51. The monoisotopic (exact) mass is 431 g/mol. The van der Waals surface area contributed by atoms with Crippen LogP contribution in [0.15, 0.2) is 56.6 Å². The number of halogens is 1. The van der Waals surface area contributed by atoms with Gasteiger partial charge in [0.2, 0.25) is 0 Å². The van der Waals surface area contributed by atoms with Crippen molar-refractivity contribution in [1.29, 1.82) is 0 Å². The zero-order chi connectivity index (χ0) is 18.8.